The first-order chi connectivity index (χ1) is 9.67. The largest absolute Gasteiger partial charge is 0.496 e. The van der Waals surface area contributed by atoms with Gasteiger partial charge in [0.1, 0.15) is 11.6 Å². The lowest BCUT2D eigenvalue weighted by Gasteiger charge is -2.22. The van der Waals surface area contributed by atoms with Crippen LogP contribution in [0.4, 0.5) is 4.39 Å². The van der Waals surface area contributed by atoms with E-state index in [1.807, 2.05) is 32.0 Å². The van der Waals surface area contributed by atoms with Crippen LogP contribution < -0.4 is 10.1 Å². The first-order valence-electron chi connectivity index (χ1n) is 6.64. The molecule has 0 saturated heterocycles. The summed E-state index contributed by atoms with van der Waals surface area (Å²) in [5.74, 6) is 0.438. The standard InChI is InChI=1S/C16H19FN2O/c1-4-19-16(12-7-8-18-10-14(12)17)13-6-5-11(2)9-15(13)20-3/h5-10,16,19H,4H2,1-3H3. The van der Waals surface area contributed by atoms with Crippen LogP contribution in [-0.2, 0) is 0 Å². The number of ether oxygens (including phenoxy) is 1. The third-order valence-electron chi connectivity index (χ3n) is 3.22. The van der Waals surface area contributed by atoms with Crippen LogP contribution in [0, 0.1) is 12.7 Å². The Hall–Kier alpha value is -1.94. The van der Waals surface area contributed by atoms with Crippen molar-refractivity contribution in [3.8, 4) is 5.75 Å². The summed E-state index contributed by atoms with van der Waals surface area (Å²) in [4.78, 5) is 3.80. The van der Waals surface area contributed by atoms with E-state index in [-0.39, 0.29) is 11.9 Å². The molecule has 0 bridgehead atoms. The molecular weight excluding hydrogens is 255 g/mol. The molecule has 2 rings (SSSR count). The van der Waals surface area contributed by atoms with Gasteiger partial charge in [0.25, 0.3) is 0 Å². The van der Waals surface area contributed by atoms with Gasteiger partial charge in [-0.3, -0.25) is 4.98 Å². The van der Waals surface area contributed by atoms with Gasteiger partial charge in [-0.1, -0.05) is 19.1 Å². The Balaban J connectivity index is 2.51. The molecule has 0 radical (unpaired) electrons. The van der Waals surface area contributed by atoms with Crippen molar-refractivity contribution in [3.05, 3.63) is 59.2 Å². The third-order valence-corrected chi connectivity index (χ3v) is 3.22. The monoisotopic (exact) mass is 274 g/mol. The van der Waals surface area contributed by atoms with Crippen molar-refractivity contribution in [1.82, 2.24) is 10.3 Å². The molecule has 4 heteroatoms. The number of halogens is 1. The van der Waals surface area contributed by atoms with Crippen molar-refractivity contribution in [2.75, 3.05) is 13.7 Å². The van der Waals surface area contributed by atoms with Crippen molar-refractivity contribution in [2.45, 2.75) is 19.9 Å². The van der Waals surface area contributed by atoms with Crippen molar-refractivity contribution in [2.24, 2.45) is 0 Å². The third kappa shape index (κ3) is 2.96. The van der Waals surface area contributed by atoms with Crippen LogP contribution in [0.3, 0.4) is 0 Å². The van der Waals surface area contributed by atoms with Crippen LogP contribution in [-0.4, -0.2) is 18.6 Å². The number of aromatic nitrogens is 1. The molecule has 0 fully saturated rings. The quantitative estimate of drug-likeness (QED) is 0.909. The van der Waals surface area contributed by atoms with Crippen LogP contribution in [0.25, 0.3) is 0 Å². The highest BCUT2D eigenvalue weighted by atomic mass is 19.1. The Kier molecular flexibility index (Phi) is 4.69. The zero-order chi connectivity index (χ0) is 14.5. The second kappa shape index (κ2) is 6.48. The maximum absolute atomic E-state index is 14.0. The lowest BCUT2D eigenvalue weighted by atomic mass is 9.97. The molecule has 0 spiro atoms. The van der Waals surface area contributed by atoms with Gasteiger partial charge in [-0.15, -0.1) is 0 Å². The number of methoxy groups -OCH3 is 1. The van der Waals surface area contributed by atoms with Gasteiger partial charge in [0, 0.05) is 17.3 Å². The van der Waals surface area contributed by atoms with E-state index in [0.717, 1.165) is 23.4 Å². The first-order valence-corrected chi connectivity index (χ1v) is 6.64. The fourth-order valence-electron chi connectivity index (χ4n) is 2.27. The highest BCUT2D eigenvalue weighted by molar-refractivity contribution is 5.43. The average molecular weight is 274 g/mol. The van der Waals surface area contributed by atoms with Crippen LogP contribution in [0.5, 0.6) is 5.75 Å². The summed E-state index contributed by atoms with van der Waals surface area (Å²) < 4.78 is 19.5. The topological polar surface area (TPSA) is 34.2 Å². The van der Waals surface area contributed by atoms with E-state index < -0.39 is 0 Å². The predicted octanol–water partition coefficient (Wildman–Crippen LogP) is 3.24. The van der Waals surface area contributed by atoms with Crippen molar-refractivity contribution < 1.29 is 9.13 Å². The minimum absolute atomic E-state index is 0.251. The second-order valence-electron chi connectivity index (χ2n) is 4.63. The van der Waals surface area contributed by atoms with E-state index >= 15 is 0 Å². The van der Waals surface area contributed by atoms with E-state index in [1.165, 1.54) is 6.20 Å². The smallest absolute Gasteiger partial charge is 0.146 e. The van der Waals surface area contributed by atoms with Crippen molar-refractivity contribution in [1.29, 1.82) is 0 Å². The van der Waals surface area contributed by atoms with Crippen LogP contribution in [0.2, 0.25) is 0 Å². The van der Waals surface area contributed by atoms with Crippen molar-refractivity contribution >= 4 is 0 Å². The highest BCUT2D eigenvalue weighted by Crippen LogP contribution is 2.31. The molecule has 1 heterocycles. The van der Waals surface area contributed by atoms with Crippen LogP contribution >= 0.6 is 0 Å². The van der Waals surface area contributed by atoms with Gasteiger partial charge in [0.2, 0.25) is 0 Å². The molecule has 3 nitrogen and oxygen atoms in total. The molecule has 1 atom stereocenters. The molecule has 1 aromatic carbocycles. The molecule has 20 heavy (non-hydrogen) atoms. The van der Waals surface area contributed by atoms with E-state index in [0.29, 0.717) is 5.56 Å². The fraction of sp³-hybridized carbons (Fsp3) is 0.312. The lowest BCUT2D eigenvalue weighted by molar-refractivity contribution is 0.403. The number of hydrogen-bond acceptors (Lipinski definition) is 3. The Labute approximate surface area is 118 Å². The summed E-state index contributed by atoms with van der Waals surface area (Å²) in [5, 5.41) is 3.30. The van der Waals surface area contributed by atoms with Gasteiger partial charge in [0.05, 0.1) is 19.3 Å². The molecule has 106 valence electrons. The molecule has 1 N–H and O–H groups in total. The molecule has 0 aliphatic heterocycles. The van der Waals surface area contributed by atoms with Crippen LogP contribution in [0.1, 0.15) is 29.7 Å². The number of pyridine rings is 1. The maximum Gasteiger partial charge on any atom is 0.146 e. The maximum atomic E-state index is 14.0. The number of benzene rings is 1. The summed E-state index contributed by atoms with van der Waals surface area (Å²) in [6.45, 7) is 4.72. The van der Waals surface area contributed by atoms with Gasteiger partial charge >= 0.3 is 0 Å². The van der Waals surface area contributed by atoms with Gasteiger partial charge < -0.3 is 10.1 Å². The van der Waals surface area contributed by atoms with Gasteiger partial charge in [-0.2, -0.15) is 0 Å². The number of nitrogens with zero attached hydrogens (tertiary/aromatic N) is 1. The van der Waals surface area contributed by atoms with Crippen molar-refractivity contribution in [3.63, 3.8) is 0 Å². The van der Waals surface area contributed by atoms with E-state index in [2.05, 4.69) is 10.3 Å². The normalized spacial score (nSPS) is 12.2. The number of nitrogens with one attached hydrogen (secondary N) is 1. The second-order valence-corrected chi connectivity index (χ2v) is 4.63. The molecular formula is C16H19FN2O. The molecule has 2 aromatic rings. The summed E-state index contributed by atoms with van der Waals surface area (Å²) in [7, 11) is 1.63. The Bertz CT molecular complexity index is 586. The molecule has 0 amide bonds. The summed E-state index contributed by atoms with van der Waals surface area (Å²) in [6.07, 6.45) is 2.84. The number of hydrogen-bond donors (Lipinski definition) is 1. The van der Waals surface area contributed by atoms with Gasteiger partial charge in [-0.25, -0.2) is 4.39 Å². The molecule has 0 aliphatic rings. The summed E-state index contributed by atoms with van der Waals surface area (Å²) >= 11 is 0. The lowest BCUT2D eigenvalue weighted by Crippen LogP contribution is -2.23. The van der Waals surface area contributed by atoms with Gasteiger partial charge in [-0.05, 0) is 31.2 Å². The Morgan fingerprint density at radius 2 is 2.10 bits per heavy atom. The molecule has 1 aromatic heterocycles. The fourth-order valence-corrected chi connectivity index (χ4v) is 2.27. The predicted molar refractivity (Wildman–Crippen MR) is 77.4 cm³/mol. The zero-order valence-corrected chi connectivity index (χ0v) is 12.0. The minimum Gasteiger partial charge on any atom is -0.496 e. The summed E-state index contributed by atoms with van der Waals surface area (Å²) in [6, 6.07) is 7.38. The minimum atomic E-state index is -0.318. The molecule has 0 saturated carbocycles. The van der Waals surface area contributed by atoms with Gasteiger partial charge in [0.15, 0.2) is 0 Å². The van der Waals surface area contributed by atoms with E-state index in [1.54, 1.807) is 19.4 Å². The SMILES string of the molecule is CCNC(c1ccncc1F)c1ccc(C)cc1OC. The zero-order valence-electron chi connectivity index (χ0n) is 12.0. The molecule has 1 unspecified atom stereocenters. The molecule has 0 aliphatic carbocycles. The number of rotatable bonds is 5. The Morgan fingerprint density at radius 1 is 1.30 bits per heavy atom. The number of aryl methyl sites for hydroxylation is 1. The van der Waals surface area contributed by atoms with Crippen LogP contribution in [0.15, 0.2) is 36.7 Å². The average Bonchev–Trinajstić information content (AvgIpc) is 2.46. The first kappa shape index (κ1) is 14.5. The van der Waals surface area contributed by atoms with E-state index in [9.17, 15) is 4.39 Å². The highest BCUT2D eigenvalue weighted by Gasteiger charge is 2.20. The summed E-state index contributed by atoms with van der Waals surface area (Å²) in [5.41, 5.74) is 2.60. The Morgan fingerprint density at radius 3 is 2.75 bits per heavy atom. The van der Waals surface area contributed by atoms with E-state index in [4.69, 9.17) is 4.74 Å².